The van der Waals surface area contributed by atoms with Gasteiger partial charge in [0.25, 0.3) is 0 Å². The second-order valence-corrected chi connectivity index (χ2v) is 9.22. The number of hydrogen-bond donors (Lipinski definition) is 0. The van der Waals surface area contributed by atoms with Gasteiger partial charge in [0, 0.05) is 28.0 Å². The lowest BCUT2D eigenvalue weighted by molar-refractivity contribution is 0.277. The van der Waals surface area contributed by atoms with Gasteiger partial charge in [-0.25, -0.2) is 9.38 Å². The van der Waals surface area contributed by atoms with Gasteiger partial charge in [0.05, 0.1) is 5.69 Å². The Morgan fingerprint density at radius 1 is 1.21 bits per heavy atom. The van der Waals surface area contributed by atoms with Crippen molar-refractivity contribution in [2.45, 2.75) is 24.3 Å². The minimum absolute atomic E-state index is 0.0321. The molecule has 2 aliphatic rings. The molecule has 4 heterocycles. The van der Waals surface area contributed by atoms with Crippen LogP contribution in [0.5, 0.6) is 0 Å². The number of benzene rings is 1. The van der Waals surface area contributed by atoms with E-state index in [9.17, 15) is 4.39 Å². The lowest BCUT2D eigenvalue weighted by atomic mass is 10.0. The van der Waals surface area contributed by atoms with Crippen molar-refractivity contribution in [1.29, 1.82) is 0 Å². The molecule has 0 bridgehead atoms. The summed E-state index contributed by atoms with van der Waals surface area (Å²) in [6.07, 6.45) is 1.80. The maximum atomic E-state index is 13.4. The van der Waals surface area contributed by atoms with Gasteiger partial charge >= 0.3 is 0 Å². The SMILES string of the molecule is C[C@@H]1CN2C(=N[C@H](c3ccccn3)[C@@H]2c2ccc(-c3ccc(F)cc3Br)o2)S1. The highest BCUT2D eigenvalue weighted by atomic mass is 79.9. The van der Waals surface area contributed by atoms with Crippen LogP contribution in [-0.4, -0.2) is 26.8 Å². The van der Waals surface area contributed by atoms with Crippen LogP contribution < -0.4 is 0 Å². The molecule has 5 rings (SSSR count). The van der Waals surface area contributed by atoms with Gasteiger partial charge in [-0.2, -0.15) is 0 Å². The molecule has 0 N–H and O–H groups in total. The number of hydrogen-bond acceptors (Lipinski definition) is 5. The zero-order valence-electron chi connectivity index (χ0n) is 15.0. The van der Waals surface area contributed by atoms with Crippen molar-refractivity contribution in [1.82, 2.24) is 9.88 Å². The topological polar surface area (TPSA) is 41.6 Å². The first kappa shape index (κ1) is 17.9. The number of rotatable bonds is 3. The number of halogens is 2. The number of nitrogens with zero attached hydrogens (tertiary/aromatic N) is 3. The van der Waals surface area contributed by atoms with Crippen molar-refractivity contribution in [2.75, 3.05) is 6.54 Å². The largest absolute Gasteiger partial charge is 0.459 e. The van der Waals surface area contributed by atoms with Gasteiger partial charge in [-0.05, 0) is 58.4 Å². The van der Waals surface area contributed by atoms with Crippen molar-refractivity contribution in [2.24, 2.45) is 4.99 Å². The summed E-state index contributed by atoms with van der Waals surface area (Å²) < 4.78 is 20.4. The predicted molar refractivity (Wildman–Crippen MR) is 113 cm³/mol. The molecular weight excluding hydrogens is 441 g/mol. The maximum absolute atomic E-state index is 13.4. The fourth-order valence-corrected chi connectivity index (χ4v) is 5.41. The Morgan fingerprint density at radius 2 is 2.11 bits per heavy atom. The minimum atomic E-state index is -0.283. The van der Waals surface area contributed by atoms with Crippen LogP contribution in [0.4, 0.5) is 4.39 Å². The van der Waals surface area contributed by atoms with E-state index in [0.29, 0.717) is 15.5 Å². The summed E-state index contributed by atoms with van der Waals surface area (Å²) in [7, 11) is 0. The van der Waals surface area contributed by atoms with Crippen LogP contribution in [0.15, 0.2) is 68.6 Å². The van der Waals surface area contributed by atoms with Crippen molar-refractivity contribution in [3.8, 4) is 11.3 Å². The van der Waals surface area contributed by atoms with E-state index in [1.165, 1.54) is 12.1 Å². The summed E-state index contributed by atoms with van der Waals surface area (Å²) in [5.41, 5.74) is 1.76. The summed E-state index contributed by atoms with van der Waals surface area (Å²) in [4.78, 5) is 11.8. The Hall–Kier alpha value is -2.12. The maximum Gasteiger partial charge on any atom is 0.161 e. The Balaban J connectivity index is 1.54. The molecule has 28 heavy (non-hydrogen) atoms. The second kappa shape index (κ2) is 7.04. The third kappa shape index (κ3) is 3.06. The molecule has 0 unspecified atom stereocenters. The first-order chi connectivity index (χ1) is 13.6. The van der Waals surface area contributed by atoms with E-state index < -0.39 is 0 Å². The molecule has 0 aliphatic carbocycles. The lowest BCUT2D eigenvalue weighted by Crippen LogP contribution is -2.28. The number of aromatic nitrogens is 1. The molecule has 2 aromatic heterocycles. The summed E-state index contributed by atoms with van der Waals surface area (Å²) in [5.74, 6) is 1.26. The second-order valence-electron chi connectivity index (χ2n) is 6.96. The first-order valence-corrected chi connectivity index (χ1v) is 10.7. The molecule has 2 aliphatic heterocycles. The number of thioether (sulfide) groups is 1. The van der Waals surface area contributed by atoms with Crippen LogP contribution in [0, 0.1) is 5.82 Å². The van der Waals surface area contributed by atoms with Crippen molar-refractivity contribution in [3.63, 3.8) is 0 Å². The lowest BCUT2D eigenvalue weighted by Gasteiger charge is -2.25. The number of aliphatic imine (C=N–C) groups is 1. The molecule has 1 saturated heterocycles. The van der Waals surface area contributed by atoms with Gasteiger partial charge < -0.3 is 9.32 Å². The highest BCUT2D eigenvalue weighted by Crippen LogP contribution is 2.48. The highest BCUT2D eigenvalue weighted by molar-refractivity contribution is 9.10. The number of furan rings is 1. The van der Waals surface area contributed by atoms with E-state index in [1.54, 1.807) is 24.0 Å². The normalized spacial score (nSPS) is 23.8. The van der Waals surface area contributed by atoms with E-state index in [0.717, 1.165) is 28.7 Å². The molecule has 0 spiro atoms. The van der Waals surface area contributed by atoms with Gasteiger partial charge in [-0.3, -0.25) is 4.98 Å². The average molecular weight is 458 g/mol. The molecule has 1 aromatic carbocycles. The van der Waals surface area contributed by atoms with Crippen molar-refractivity contribution >= 4 is 32.9 Å². The zero-order chi connectivity index (χ0) is 19.3. The van der Waals surface area contributed by atoms with Gasteiger partial charge in [0.15, 0.2) is 5.17 Å². The molecule has 7 heteroatoms. The Morgan fingerprint density at radius 3 is 2.89 bits per heavy atom. The summed E-state index contributed by atoms with van der Waals surface area (Å²) in [6.45, 7) is 3.13. The Labute approximate surface area is 175 Å². The van der Waals surface area contributed by atoms with Crippen LogP contribution in [0.3, 0.4) is 0 Å². The van der Waals surface area contributed by atoms with E-state index in [4.69, 9.17) is 9.41 Å². The van der Waals surface area contributed by atoms with E-state index in [-0.39, 0.29) is 17.9 Å². The zero-order valence-corrected chi connectivity index (χ0v) is 17.5. The quantitative estimate of drug-likeness (QED) is 0.495. The van der Waals surface area contributed by atoms with Crippen LogP contribution in [0.1, 0.15) is 30.5 Å². The summed E-state index contributed by atoms with van der Waals surface area (Å²) >= 11 is 5.23. The van der Waals surface area contributed by atoms with Gasteiger partial charge in [-0.15, -0.1) is 0 Å². The molecule has 0 saturated carbocycles. The van der Waals surface area contributed by atoms with Crippen molar-refractivity contribution in [3.05, 3.63) is 76.5 Å². The average Bonchev–Trinajstić information content (AvgIpc) is 3.36. The Bertz CT molecular complexity index is 1050. The van der Waals surface area contributed by atoms with E-state index in [2.05, 4.69) is 32.7 Å². The van der Waals surface area contributed by atoms with Crippen LogP contribution in [0.25, 0.3) is 11.3 Å². The number of amidine groups is 1. The van der Waals surface area contributed by atoms with Gasteiger partial charge in [0.1, 0.15) is 29.4 Å². The third-order valence-corrected chi connectivity index (χ3v) is 6.75. The Kier molecular flexibility index (Phi) is 4.51. The predicted octanol–water partition coefficient (Wildman–Crippen LogP) is 5.83. The van der Waals surface area contributed by atoms with Gasteiger partial charge in [0.2, 0.25) is 0 Å². The monoisotopic (exact) mass is 457 g/mol. The first-order valence-electron chi connectivity index (χ1n) is 9.07. The molecule has 142 valence electrons. The molecule has 0 radical (unpaired) electrons. The summed E-state index contributed by atoms with van der Waals surface area (Å²) in [6, 6.07) is 14.3. The van der Waals surface area contributed by atoms with Gasteiger partial charge in [-0.1, -0.05) is 24.8 Å². The number of fused-ring (bicyclic) bond motifs is 1. The van der Waals surface area contributed by atoms with Crippen molar-refractivity contribution < 1.29 is 8.81 Å². The smallest absolute Gasteiger partial charge is 0.161 e. The molecule has 3 atom stereocenters. The minimum Gasteiger partial charge on any atom is -0.459 e. The van der Waals surface area contributed by atoms with Crippen LogP contribution >= 0.6 is 27.7 Å². The van der Waals surface area contributed by atoms with E-state index in [1.807, 2.05) is 30.3 Å². The molecule has 3 aromatic rings. The fourth-order valence-electron chi connectivity index (χ4n) is 3.77. The molecule has 0 amide bonds. The molecule has 1 fully saturated rings. The van der Waals surface area contributed by atoms with Crippen LogP contribution in [-0.2, 0) is 0 Å². The highest BCUT2D eigenvalue weighted by Gasteiger charge is 2.45. The molecule has 4 nitrogen and oxygen atoms in total. The fraction of sp³-hybridized carbons (Fsp3) is 0.238. The van der Waals surface area contributed by atoms with Crippen LogP contribution in [0.2, 0.25) is 0 Å². The third-order valence-electron chi connectivity index (χ3n) is 5.00. The number of pyridine rings is 1. The van der Waals surface area contributed by atoms with E-state index >= 15 is 0 Å². The standard InChI is InChI=1S/C21H17BrFN3OS/c1-12-11-26-20(19(25-21(26)28-12)16-4-2-3-9-24-16)18-8-7-17(27-18)14-6-5-13(23)10-15(14)22/h2-10,12,19-20H,11H2,1H3/t12-,19-,20+/m1/s1. The summed E-state index contributed by atoms with van der Waals surface area (Å²) in [5, 5.41) is 1.54. The molecular formula is C21H17BrFN3OS.